The zero-order chi connectivity index (χ0) is 37.1. The molecule has 272 valence electrons. The third-order valence-corrected chi connectivity index (χ3v) is 9.27. The van der Waals surface area contributed by atoms with Gasteiger partial charge in [-0.05, 0) is 84.7 Å². The number of rotatable bonds is 13. The molecule has 0 bridgehead atoms. The molecule has 2 aromatic carbocycles. The number of benzene rings is 2. The van der Waals surface area contributed by atoms with E-state index in [0.717, 1.165) is 12.8 Å². The number of carbonyl (C=O) groups is 1. The van der Waals surface area contributed by atoms with E-state index in [1.165, 1.54) is 13.2 Å². The fourth-order valence-electron chi connectivity index (χ4n) is 6.39. The Morgan fingerprint density at radius 3 is 2.51 bits per heavy atom. The molecule has 2 atom stereocenters. The van der Waals surface area contributed by atoms with Gasteiger partial charge in [-0.1, -0.05) is 29.8 Å². The maximum Gasteiger partial charge on any atom is 0.339 e. The molecule has 9 nitrogen and oxygen atoms in total. The highest BCUT2D eigenvalue weighted by Crippen LogP contribution is 2.42. The van der Waals surface area contributed by atoms with Crippen LogP contribution in [0.4, 0.5) is 10.2 Å². The van der Waals surface area contributed by atoms with E-state index >= 15 is 4.39 Å². The second-order valence-electron chi connectivity index (χ2n) is 14.2. The van der Waals surface area contributed by atoms with Crippen molar-refractivity contribution in [3.63, 3.8) is 0 Å². The summed E-state index contributed by atoms with van der Waals surface area (Å²) in [6, 6.07) is 11.9. The number of piperidine rings is 1. The Hall–Kier alpha value is -4.25. The van der Waals surface area contributed by atoms with Gasteiger partial charge in [0.2, 0.25) is 0 Å². The molecule has 3 heterocycles. The molecule has 0 amide bonds. The normalized spacial score (nSPS) is 15.7. The number of aromatic nitrogens is 3. The molecule has 4 aromatic rings. The fraction of sp³-hybridized carbons (Fsp3) is 0.425. The van der Waals surface area contributed by atoms with Gasteiger partial charge in [0.1, 0.15) is 17.4 Å². The lowest BCUT2D eigenvalue weighted by molar-refractivity contribution is -0.164. The highest BCUT2D eigenvalue weighted by Gasteiger charge is 2.38. The molecule has 51 heavy (non-hydrogen) atoms. The quantitative estimate of drug-likeness (QED) is 0.1000. The highest BCUT2D eigenvalue weighted by molar-refractivity contribution is 6.33. The van der Waals surface area contributed by atoms with E-state index in [2.05, 4.69) is 25.0 Å². The number of hydrogen-bond donors (Lipinski definition) is 0. The van der Waals surface area contributed by atoms with Crippen molar-refractivity contribution in [2.24, 2.45) is 0 Å². The molecule has 1 fully saturated rings. The maximum atomic E-state index is 15.7. The van der Waals surface area contributed by atoms with Crippen LogP contribution in [0.2, 0.25) is 5.02 Å². The van der Waals surface area contributed by atoms with Crippen molar-refractivity contribution < 1.29 is 28.1 Å². The van der Waals surface area contributed by atoms with Gasteiger partial charge in [-0.15, -0.1) is 13.2 Å². The molecule has 0 aliphatic carbocycles. The van der Waals surface area contributed by atoms with Gasteiger partial charge in [-0.3, -0.25) is 0 Å². The van der Waals surface area contributed by atoms with Crippen LogP contribution in [0, 0.1) is 12.7 Å². The first-order chi connectivity index (χ1) is 24.2. The van der Waals surface area contributed by atoms with Gasteiger partial charge < -0.3 is 23.8 Å². The Kier molecular flexibility index (Phi) is 11.6. The maximum absolute atomic E-state index is 15.7. The van der Waals surface area contributed by atoms with Crippen LogP contribution in [0.25, 0.3) is 28.0 Å². The van der Waals surface area contributed by atoms with Crippen molar-refractivity contribution >= 4 is 29.0 Å². The topological polar surface area (TPSA) is 87.4 Å². The van der Waals surface area contributed by atoms with E-state index in [1.54, 1.807) is 47.0 Å². The standard InChI is InChI=1S/C40H48ClFN4O5/c1-10-13-25(3)50-32-15-12-14-29(41)35(32)28-23-27(16-17-30(28)42)31-24-33-43-26(4)34(36(38(47)48-9)51-39(5,6)7)37(46(33)44-31)45-20-18-40(8,19-21-45)49-22-11-2/h10-12,14-17,23-25,36H,1-2,13,18-22H2,3-9H3/t25-,36?/m0/s1. The first-order valence-corrected chi connectivity index (χ1v) is 17.6. The van der Waals surface area contributed by atoms with Gasteiger partial charge in [-0.25, -0.2) is 14.2 Å². The highest BCUT2D eigenvalue weighted by atomic mass is 35.5. The number of hydrogen-bond acceptors (Lipinski definition) is 8. The van der Waals surface area contributed by atoms with Gasteiger partial charge in [0.15, 0.2) is 11.8 Å². The number of anilines is 1. The number of aryl methyl sites for hydroxylation is 1. The summed E-state index contributed by atoms with van der Waals surface area (Å²) >= 11 is 6.70. The van der Waals surface area contributed by atoms with Crippen molar-refractivity contribution in [1.82, 2.24) is 14.6 Å². The average molecular weight is 719 g/mol. The lowest BCUT2D eigenvalue weighted by atomic mass is 9.92. The van der Waals surface area contributed by atoms with Crippen molar-refractivity contribution in [2.75, 3.05) is 31.7 Å². The van der Waals surface area contributed by atoms with Crippen LogP contribution in [0.5, 0.6) is 5.75 Å². The smallest absolute Gasteiger partial charge is 0.339 e. The number of nitrogens with zero attached hydrogens (tertiary/aromatic N) is 4. The van der Waals surface area contributed by atoms with Crippen LogP contribution < -0.4 is 9.64 Å². The van der Waals surface area contributed by atoms with Gasteiger partial charge >= 0.3 is 5.97 Å². The number of carbonyl (C=O) groups excluding carboxylic acids is 1. The summed E-state index contributed by atoms with van der Waals surface area (Å²) in [4.78, 5) is 20.5. The van der Waals surface area contributed by atoms with Crippen molar-refractivity contribution in [3.05, 3.63) is 89.9 Å². The summed E-state index contributed by atoms with van der Waals surface area (Å²) < 4.78 is 41.4. The van der Waals surface area contributed by atoms with Crippen LogP contribution in [0.3, 0.4) is 0 Å². The molecule has 2 aromatic heterocycles. The third kappa shape index (κ3) is 8.46. The molecule has 0 saturated carbocycles. The van der Waals surface area contributed by atoms with Crippen LogP contribution in [-0.2, 0) is 19.0 Å². The van der Waals surface area contributed by atoms with E-state index in [-0.39, 0.29) is 17.3 Å². The third-order valence-electron chi connectivity index (χ3n) is 8.96. The Balaban J connectivity index is 1.67. The van der Waals surface area contributed by atoms with E-state index < -0.39 is 23.5 Å². The van der Waals surface area contributed by atoms with E-state index in [0.29, 0.717) is 76.4 Å². The predicted octanol–water partition coefficient (Wildman–Crippen LogP) is 9.10. The summed E-state index contributed by atoms with van der Waals surface area (Å²) in [6.45, 7) is 20.9. The molecule has 5 rings (SSSR count). The lowest BCUT2D eigenvalue weighted by Crippen LogP contribution is -2.45. The zero-order valence-electron chi connectivity index (χ0n) is 30.6. The minimum Gasteiger partial charge on any atom is -0.490 e. The lowest BCUT2D eigenvalue weighted by Gasteiger charge is -2.41. The minimum absolute atomic E-state index is 0.191. The molecule has 1 unspecified atom stereocenters. The van der Waals surface area contributed by atoms with E-state index in [9.17, 15) is 4.79 Å². The Labute approximate surface area is 305 Å². The van der Waals surface area contributed by atoms with Crippen LogP contribution in [0.1, 0.15) is 71.2 Å². The van der Waals surface area contributed by atoms with Gasteiger partial charge in [-0.2, -0.15) is 9.61 Å². The molecule has 0 N–H and O–H groups in total. The fourth-order valence-corrected chi connectivity index (χ4v) is 6.66. The first-order valence-electron chi connectivity index (χ1n) is 17.2. The van der Waals surface area contributed by atoms with Gasteiger partial charge in [0.05, 0.1) is 47.3 Å². The second-order valence-corrected chi connectivity index (χ2v) is 14.6. The summed E-state index contributed by atoms with van der Waals surface area (Å²) in [5.74, 6) is 0.148. The Bertz CT molecular complexity index is 1910. The van der Waals surface area contributed by atoms with Crippen molar-refractivity contribution in [1.29, 1.82) is 0 Å². The summed E-state index contributed by atoms with van der Waals surface area (Å²) in [5, 5.41) is 5.41. The molecular weight excluding hydrogens is 671 g/mol. The molecule has 11 heteroatoms. The van der Waals surface area contributed by atoms with Crippen molar-refractivity contribution in [3.8, 4) is 28.1 Å². The number of fused-ring (bicyclic) bond motifs is 1. The average Bonchev–Trinajstić information content (AvgIpc) is 3.50. The van der Waals surface area contributed by atoms with Crippen LogP contribution >= 0.6 is 11.6 Å². The second kappa shape index (κ2) is 15.6. The largest absolute Gasteiger partial charge is 0.490 e. The molecule has 0 radical (unpaired) electrons. The summed E-state index contributed by atoms with van der Waals surface area (Å²) in [7, 11) is 1.35. The van der Waals surface area contributed by atoms with Crippen LogP contribution in [-0.4, -0.2) is 64.7 Å². The predicted molar refractivity (Wildman–Crippen MR) is 200 cm³/mol. The monoisotopic (exact) mass is 718 g/mol. The van der Waals surface area contributed by atoms with Gasteiger partial charge in [0, 0.05) is 48.0 Å². The summed E-state index contributed by atoms with van der Waals surface area (Å²) in [5.41, 5.74) is 2.65. The Morgan fingerprint density at radius 1 is 1.14 bits per heavy atom. The number of methoxy groups -OCH3 is 1. The number of halogens is 2. The van der Waals surface area contributed by atoms with Crippen molar-refractivity contribution in [2.45, 2.75) is 84.2 Å². The first kappa shape index (κ1) is 38.0. The molecule has 1 aliphatic heterocycles. The van der Waals surface area contributed by atoms with E-state index in [1.807, 2.05) is 40.7 Å². The minimum atomic E-state index is -1.07. The number of ether oxygens (including phenoxy) is 4. The summed E-state index contributed by atoms with van der Waals surface area (Å²) in [6.07, 6.45) is 4.34. The number of esters is 1. The molecule has 0 spiro atoms. The Morgan fingerprint density at radius 2 is 1.86 bits per heavy atom. The van der Waals surface area contributed by atoms with Crippen LogP contribution in [0.15, 0.2) is 67.8 Å². The SMILES string of the molecule is C=CCOC1(C)CCN(c2c(C(OC(C)(C)C)C(=O)OC)c(C)nc3cc(-c4ccc(F)c(-c5c(Cl)cccc5O[C@@H](C)CC=C)c4)nn23)CC1. The van der Waals surface area contributed by atoms with Gasteiger partial charge in [0.25, 0.3) is 0 Å². The molecule has 1 aliphatic rings. The molecule has 1 saturated heterocycles. The zero-order valence-corrected chi connectivity index (χ0v) is 31.3. The molecular formula is C40H48ClFN4O5. The van der Waals surface area contributed by atoms with E-state index in [4.69, 9.17) is 40.6 Å².